The molecule has 0 spiro atoms. The smallest absolute Gasteiger partial charge is 0.325 e. The first-order valence-electron chi connectivity index (χ1n) is 7.91. The molecule has 0 atom stereocenters. The normalized spacial score (nSPS) is 16.7. The van der Waals surface area contributed by atoms with Crippen LogP contribution in [0.15, 0.2) is 30.4 Å². The molecule has 1 amide bonds. The van der Waals surface area contributed by atoms with E-state index in [4.69, 9.17) is 11.6 Å². The highest BCUT2D eigenvalue weighted by Gasteiger charge is 2.33. The van der Waals surface area contributed by atoms with Crippen LogP contribution in [0.1, 0.15) is 12.5 Å². The van der Waals surface area contributed by atoms with Gasteiger partial charge in [-0.15, -0.1) is 0 Å². The highest BCUT2D eigenvalue weighted by molar-refractivity contribution is 6.31. The average Bonchev–Trinajstić information content (AvgIpc) is 2.49. The quantitative estimate of drug-likeness (QED) is 0.800. The molecule has 1 fully saturated rings. The maximum absolute atomic E-state index is 12.8. The summed E-state index contributed by atoms with van der Waals surface area (Å²) in [6, 6.07) is 3.35. The van der Waals surface area contributed by atoms with Crippen molar-refractivity contribution in [2.45, 2.75) is 13.1 Å². The molecule has 0 aromatic heterocycles. The monoisotopic (exact) mass is 375 g/mol. The Labute approximate surface area is 150 Å². The van der Waals surface area contributed by atoms with Gasteiger partial charge in [-0.3, -0.25) is 14.6 Å². The summed E-state index contributed by atoms with van der Waals surface area (Å²) in [6.45, 7) is 9.97. The largest absolute Gasteiger partial charge is 0.417 e. The zero-order valence-electron chi connectivity index (χ0n) is 14.0. The Hall–Kier alpha value is -1.57. The third kappa shape index (κ3) is 6.02. The van der Waals surface area contributed by atoms with E-state index in [0.717, 1.165) is 50.4 Å². The number of nitrogens with one attached hydrogen (secondary N) is 1. The molecule has 138 valence electrons. The van der Waals surface area contributed by atoms with Crippen LogP contribution >= 0.6 is 11.6 Å². The SMILES string of the molecule is C=C(C)CN1CCN(CC(=O)Nc2ccc(Cl)c(C(F)(F)F)c2)CC1. The molecule has 1 N–H and O–H groups in total. The second-order valence-electron chi connectivity index (χ2n) is 6.25. The van der Waals surface area contributed by atoms with Crippen molar-refractivity contribution in [2.24, 2.45) is 0 Å². The summed E-state index contributed by atoms with van der Waals surface area (Å²) in [5.41, 5.74) is 0.220. The van der Waals surface area contributed by atoms with Gasteiger partial charge in [-0.25, -0.2) is 0 Å². The molecule has 0 radical (unpaired) electrons. The van der Waals surface area contributed by atoms with Gasteiger partial charge in [0, 0.05) is 38.4 Å². The minimum atomic E-state index is -4.56. The van der Waals surface area contributed by atoms with Crippen molar-refractivity contribution < 1.29 is 18.0 Å². The number of hydrogen-bond donors (Lipinski definition) is 1. The molecule has 0 aliphatic carbocycles. The minimum absolute atomic E-state index is 0.0858. The molecule has 1 aromatic carbocycles. The summed E-state index contributed by atoms with van der Waals surface area (Å²) < 4.78 is 38.5. The summed E-state index contributed by atoms with van der Waals surface area (Å²) in [5, 5.41) is 2.12. The van der Waals surface area contributed by atoms with Crippen LogP contribution in [0.3, 0.4) is 0 Å². The fourth-order valence-corrected chi connectivity index (χ4v) is 2.94. The van der Waals surface area contributed by atoms with Crippen LogP contribution in [-0.4, -0.2) is 55.0 Å². The predicted octanol–water partition coefficient (Wildman–Crippen LogP) is 3.49. The van der Waals surface area contributed by atoms with Gasteiger partial charge in [-0.2, -0.15) is 13.2 Å². The van der Waals surface area contributed by atoms with Crippen molar-refractivity contribution >= 4 is 23.2 Å². The number of carbonyl (C=O) groups is 1. The van der Waals surface area contributed by atoms with Gasteiger partial charge in [0.05, 0.1) is 17.1 Å². The average molecular weight is 376 g/mol. The van der Waals surface area contributed by atoms with Gasteiger partial charge in [0.1, 0.15) is 0 Å². The molecule has 8 heteroatoms. The van der Waals surface area contributed by atoms with E-state index < -0.39 is 11.7 Å². The zero-order valence-corrected chi connectivity index (χ0v) is 14.8. The van der Waals surface area contributed by atoms with E-state index in [0.29, 0.717) is 0 Å². The molecule has 1 heterocycles. The third-order valence-corrected chi connectivity index (χ3v) is 4.21. The molecule has 1 saturated heterocycles. The van der Waals surface area contributed by atoms with E-state index in [9.17, 15) is 18.0 Å². The van der Waals surface area contributed by atoms with Crippen molar-refractivity contribution in [1.29, 1.82) is 0 Å². The Balaban J connectivity index is 1.88. The van der Waals surface area contributed by atoms with Crippen LogP contribution in [0.5, 0.6) is 0 Å². The Kier molecular flexibility index (Phi) is 6.48. The minimum Gasteiger partial charge on any atom is -0.325 e. The van der Waals surface area contributed by atoms with Crippen LogP contribution < -0.4 is 5.32 Å². The van der Waals surface area contributed by atoms with Gasteiger partial charge in [0.2, 0.25) is 5.91 Å². The number of piperazine rings is 1. The van der Waals surface area contributed by atoms with E-state index in [1.807, 2.05) is 11.8 Å². The lowest BCUT2D eigenvalue weighted by Crippen LogP contribution is -2.48. The summed E-state index contributed by atoms with van der Waals surface area (Å²) >= 11 is 5.57. The maximum atomic E-state index is 12.8. The number of alkyl halides is 3. The molecular formula is C17H21ClF3N3O. The lowest BCUT2D eigenvalue weighted by molar-refractivity contribution is -0.137. The molecule has 0 unspecified atom stereocenters. The van der Waals surface area contributed by atoms with Crippen LogP contribution in [0.4, 0.5) is 18.9 Å². The number of benzene rings is 1. The number of nitrogens with zero attached hydrogens (tertiary/aromatic N) is 2. The molecule has 0 saturated carbocycles. The maximum Gasteiger partial charge on any atom is 0.417 e. The second-order valence-corrected chi connectivity index (χ2v) is 6.66. The summed E-state index contributed by atoms with van der Waals surface area (Å²) in [5.74, 6) is -0.344. The Morgan fingerprint density at radius 1 is 1.20 bits per heavy atom. The van der Waals surface area contributed by atoms with Crippen LogP contribution in [0.25, 0.3) is 0 Å². The Morgan fingerprint density at radius 2 is 1.76 bits per heavy atom. The van der Waals surface area contributed by atoms with Gasteiger partial charge in [-0.05, 0) is 25.1 Å². The fourth-order valence-electron chi connectivity index (χ4n) is 2.71. The standard InChI is InChI=1S/C17H21ClF3N3O/c1-12(2)10-23-5-7-24(8-6-23)11-16(25)22-13-3-4-15(18)14(9-13)17(19,20)21/h3-4,9H,1,5-8,10-11H2,2H3,(H,22,25). The molecular weight excluding hydrogens is 355 g/mol. The van der Waals surface area contributed by atoms with E-state index in [2.05, 4.69) is 16.8 Å². The number of halogens is 4. The zero-order chi connectivity index (χ0) is 18.6. The van der Waals surface area contributed by atoms with Crippen molar-refractivity contribution in [3.63, 3.8) is 0 Å². The summed E-state index contributed by atoms with van der Waals surface area (Å²) in [7, 11) is 0. The Morgan fingerprint density at radius 3 is 2.28 bits per heavy atom. The Bertz CT molecular complexity index is 641. The number of rotatable bonds is 5. The molecule has 4 nitrogen and oxygen atoms in total. The fraction of sp³-hybridized carbons (Fsp3) is 0.471. The number of amides is 1. The first kappa shape index (κ1) is 19.8. The molecule has 25 heavy (non-hydrogen) atoms. The van der Waals surface area contributed by atoms with Crippen LogP contribution in [0.2, 0.25) is 5.02 Å². The first-order valence-corrected chi connectivity index (χ1v) is 8.28. The molecule has 1 aliphatic heterocycles. The van der Waals surface area contributed by atoms with Crippen molar-refractivity contribution in [2.75, 3.05) is 44.6 Å². The number of anilines is 1. The lowest BCUT2D eigenvalue weighted by Gasteiger charge is -2.34. The van der Waals surface area contributed by atoms with Crippen molar-refractivity contribution in [3.05, 3.63) is 40.9 Å². The highest BCUT2D eigenvalue weighted by atomic mass is 35.5. The van der Waals surface area contributed by atoms with Crippen LogP contribution in [-0.2, 0) is 11.0 Å². The predicted molar refractivity (Wildman–Crippen MR) is 92.8 cm³/mol. The van der Waals surface area contributed by atoms with Crippen molar-refractivity contribution in [1.82, 2.24) is 9.80 Å². The van der Waals surface area contributed by atoms with E-state index in [-0.39, 0.29) is 23.2 Å². The van der Waals surface area contributed by atoms with Crippen LogP contribution in [0, 0.1) is 0 Å². The molecule has 1 aliphatic rings. The van der Waals surface area contributed by atoms with Gasteiger partial charge in [0.25, 0.3) is 0 Å². The topological polar surface area (TPSA) is 35.6 Å². The van der Waals surface area contributed by atoms with Gasteiger partial charge < -0.3 is 5.32 Å². The van der Waals surface area contributed by atoms with Gasteiger partial charge in [0.15, 0.2) is 0 Å². The lowest BCUT2D eigenvalue weighted by atomic mass is 10.2. The molecule has 2 rings (SSSR count). The molecule has 0 bridgehead atoms. The molecule has 1 aromatic rings. The first-order chi connectivity index (χ1) is 11.6. The highest BCUT2D eigenvalue weighted by Crippen LogP contribution is 2.36. The number of carbonyl (C=O) groups excluding carboxylic acids is 1. The summed E-state index contributed by atoms with van der Waals surface area (Å²) in [4.78, 5) is 16.3. The van der Waals surface area contributed by atoms with E-state index >= 15 is 0 Å². The third-order valence-electron chi connectivity index (χ3n) is 3.88. The van der Waals surface area contributed by atoms with E-state index in [1.54, 1.807) is 0 Å². The van der Waals surface area contributed by atoms with Gasteiger partial charge >= 0.3 is 6.18 Å². The summed E-state index contributed by atoms with van der Waals surface area (Å²) in [6.07, 6.45) is -4.56. The number of hydrogen-bond acceptors (Lipinski definition) is 3. The van der Waals surface area contributed by atoms with Crippen molar-refractivity contribution in [3.8, 4) is 0 Å². The van der Waals surface area contributed by atoms with Gasteiger partial charge in [-0.1, -0.05) is 23.8 Å². The second kappa shape index (κ2) is 8.21. The van der Waals surface area contributed by atoms with E-state index in [1.165, 1.54) is 6.07 Å².